The summed E-state index contributed by atoms with van der Waals surface area (Å²) >= 11 is 4.92. The zero-order chi connectivity index (χ0) is 9.14. The summed E-state index contributed by atoms with van der Waals surface area (Å²) in [7, 11) is 0. The molecule has 0 aliphatic rings. The fraction of sp³-hybridized carbons (Fsp3) is 0.286. The topological polar surface area (TPSA) is 69.1 Å². The lowest BCUT2D eigenvalue weighted by atomic mass is 10.1. The molecule has 0 bridgehead atoms. The van der Waals surface area contributed by atoms with Crippen LogP contribution in [0.4, 0.5) is 0 Å². The summed E-state index contributed by atoms with van der Waals surface area (Å²) in [5.41, 5.74) is 11.5. The second kappa shape index (κ2) is 4.02. The van der Waals surface area contributed by atoms with Gasteiger partial charge in [0.15, 0.2) is 0 Å². The van der Waals surface area contributed by atoms with Crippen LogP contribution < -0.4 is 11.5 Å². The number of thiophene rings is 1. The summed E-state index contributed by atoms with van der Waals surface area (Å²) in [6, 6.07) is 1.34. The SMILES string of the molecule is NC(=O)C(N)Cc1ccsc1Br. The molecule has 0 aliphatic carbocycles. The molecule has 0 fully saturated rings. The lowest BCUT2D eigenvalue weighted by Gasteiger charge is -2.05. The van der Waals surface area contributed by atoms with E-state index < -0.39 is 11.9 Å². The predicted molar refractivity (Wildman–Crippen MR) is 52.9 cm³/mol. The van der Waals surface area contributed by atoms with Crippen molar-refractivity contribution in [3.05, 3.63) is 20.8 Å². The van der Waals surface area contributed by atoms with Crippen LogP contribution in [0.3, 0.4) is 0 Å². The first kappa shape index (κ1) is 9.70. The molecule has 4 N–H and O–H groups in total. The van der Waals surface area contributed by atoms with Gasteiger partial charge in [-0.05, 0) is 39.4 Å². The molecule has 0 aromatic carbocycles. The molecule has 1 heterocycles. The molecule has 0 aliphatic heterocycles. The average molecular weight is 249 g/mol. The fourth-order valence-electron chi connectivity index (χ4n) is 0.803. The summed E-state index contributed by atoms with van der Waals surface area (Å²) in [4.78, 5) is 10.6. The van der Waals surface area contributed by atoms with Crippen molar-refractivity contribution in [2.24, 2.45) is 11.5 Å². The maximum atomic E-state index is 10.6. The smallest absolute Gasteiger partial charge is 0.234 e. The number of nitrogens with two attached hydrogens (primary N) is 2. The van der Waals surface area contributed by atoms with Crippen LogP contribution in [0.15, 0.2) is 15.2 Å². The number of hydrogen-bond donors (Lipinski definition) is 2. The van der Waals surface area contributed by atoms with E-state index >= 15 is 0 Å². The van der Waals surface area contributed by atoms with E-state index in [1.807, 2.05) is 11.4 Å². The Hall–Kier alpha value is -0.390. The van der Waals surface area contributed by atoms with Crippen LogP contribution in [0.5, 0.6) is 0 Å². The molecule has 1 unspecified atom stereocenters. The second-order valence-corrected chi connectivity index (χ2v) is 4.67. The van der Waals surface area contributed by atoms with Crippen LogP contribution in [-0.4, -0.2) is 11.9 Å². The lowest BCUT2D eigenvalue weighted by Crippen LogP contribution is -2.38. The number of carbonyl (C=O) groups is 1. The van der Waals surface area contributed by atoms with Gasteiger partial charge < -0.3 is 11.5 Å². The third-order valence-corrected chi connectivity index (χ3v) is 3.31. The Labute approximate surface area is 82.9 Å². The van der Waals surface area contributed by atoms with E-state index in [9.17, 15) is 4.79 Å². The zero-order valence-electron chi connectivity index (χ0n) is 6.29. The number of carbonyl (C=O) groups excluding carboxylic acids is 1. The number of halogens is 1. The van der Waals surface area contributed by atoms with Crippen molar-refractivity contribution >= 4 is 33.2 Å². The molecule has 1 aromatic rings. The van der Waals surface area contributed by atoms with E-state index in [4.69, 9.17) is 11.5 Å². The van der Waals surface area contributed by atoms with Gasteiger partial charge in [-0.2, -0.15) is 0 Å². The highest BCUT2D eigenvalue weighted by Crippen LogP contribution is 2.24. The van der Waals surface area contributed by atoms with Gasteiger partial charge in [-0.25, -0.2) is 0 Å². The van der Waals surface area contributed by atoms with E-state index in [0.717, 1.165) is 9.35 Å². The molecule has 0 saturated carbocycles. The van der Waals surface area contributed by atoms with E-state index in [2.05, 4.69) is 15.9 Å². The monoisotopic (exact) mass is 248 g/mol. The largest absolute Gasteiger partial charge is 0.368 e. The maximum absolute atomic E-state index is 10.6. The molecule has 5 heteroatoms. The van der Waals surface area contributed by atoms with Gasteiger partial charge in [0.2, 0.25) is 5.91 Å². The van der Waals surface area contributed by atoms with Gasteiger partial charge in [-0.3, -0.25) is 4.79 Å². The zero-order valence-corrected chi connectivity index (χ0v) is 8.69. The minimum atomic E-state index is -0.587. The minimum absolute atomic E-state index is 0.465. The summed E-state index contributed by atoms with van der Waals surface area (Å²) in [6.07, 6.45) is 0.499. The van der Waals surface area contributed by atoms with E-state index in [1.165, 1.54) is 0 Å². The van der Waals surface area contributed by atoms with Gasteiger partial charge in [0.1, 0.15) is 0 Å². The van der Waals surface area contributed by atoms with E-state index in [0.29, 0.717) is 6.42 Å². The molecular weight excluding hydrogens is 240 g/mol. The average Bonchev–Trinajstić information content (AvgIpc) is 2.36. The number of primary amides is 1. The second-order valence-electron chi connectivity index (χ2n) is 2.43. The highest BCUT2D eigenvalue weighted by molar-refractivity contribution is 9.11. The van der Waals surface area contributed by atoms with Gasteiger partial charge in [-0.15, -0.1) is 11.3 Å². The molecule has 1 amide bonds. The first-order chi connectivity index (χ1) is 5.61. The molecule has 12 heavy (non-hydrogen) atoms. The maximum Gasteiger partial charge on any atom is 0.234 e. The highest BCUT2D eigenvalue weighted by Gasteiger charge is 2.12. The van der Waals surface area contributed by atoms with Gasteiger partial charge in [-0.1, -0.05) is 0 Å². The van der Waals surface area contributed by atoms with Crippen LogP contribution in [0, 0.1) is 0 Å². The molecule has 3 nitrogen and oxygen atoms in total. The molecule has 1 rings (SSSR count). The first-order valence-corrected chi connectivity index (χ1v) is 5.05. The van der Waals surface area contributed by atoms with Gasteiger partial charge in [0.05, 0.1) is 9.83 Å². The molecule has 0 spiro atoms. The summed E-state index contributed by atoms with van der Waals surface area (Å²) in [5.74, 6) is -0.465. The molecular formula is C7H9BrN2OS. The summed E-state index contributed by atoms with van der Waals surface area (Å²) < 4.78 is 1.01. The molecule has 1 aromatic heterocycles. The van der Waals surface area contributed by atoms with Crippen molar-refractivity contribution in [2.45, 2.75) is 12.5 Å². The normalized spacial score (nSPS) is 12.8. The summed E-state index contributed by atoms with van der Waals surface area (Å²) in [6.45, 7) is 0. The Morgan fingerprint density at radius 2 is 2.42 bits per heavy atom. The van der Waals surface area contributed by atoms with Crippen LogP contribution in [-0.2, 0) is 11.2 Å². The molecule has 1 atom stereocenters. The third kappa shape index (κ3) is 2.30. The van der Waals surface area contributed by atoms with Crippen molar-refractivity contribution in [2.75, 3.05) is 0 Å². The molecule has 0 saturated heterocycles. The third-order valence-electron chi connectivity index (χ3n) is 1.50. The number of hydrogen-bond acceptors (Lipinski definition) is 3. The Morgan fingerprint density at radius 1 is 1.75 bits per heavy atom. The highest BCUT2D eigenvalue weighted by atomic mass is 79.9. The standard InChI is InChI=1S/C7H9BrN2OS/c8-6-4(1-2-12-6)3-5(9)7(10)11/h1-2,5H,3,9H2,(H2,10,11). The lowest BCUT2D eigenvalue weighted by molar-refractivity contribution is -0.119. The quantitative estimate of drug-likeness (QED) is 0.834. The fourth-order valence-corrected chi connectivity index (χ4v) is 2.08. The van der Waals surface area contributed by atoms with Crippen LogP contribution >= 0.6 is 27.3 Å². The number of rotatable bonds is 3. The Morgan fingerprint density at radius 3 is 2.83 bits per heavy atom. The van der Waals surface area contributed by atoms with Crippen molar-refractivity contribution in [3.63, 3.8) is 0 Å². The van der Waals surface area contributed by atoms with Crippen LogP contribution in [0.1, 0.15) is 5.56 Å². The summed E-state index contributed by atoms with van der Waals surface area (Å²) in [5, 5.41) is 1.94. The van der Waals surface area contributed by atoms with Crippen LogP contribution in [0.25, 0.3) is 0 Å². The number of amides is 1. The van der Waals surface area contributed by atoms with Gasteiger partial charge >= 0.3 is 0 Å². The van der Waals surface area contributed by atoms with Crippen molar-refractivity contribution in [1.29, 1.82) is 0 Å². The van der Waals surface area contributed by atoms with Crippen LogP contribution in [0.2, 0.25) is 0 Å². The van der Waals surface area contributed by atoms with E-state index in [-0.39, 0.29) is 0 Å². The molecule has 0 radical (unpaired) electrons. The van der Waals surface area contributed by atoms with Gasteiger partial charge in [0, 0.05) is 0 Å². The molecule has 66 valence electrons. The van der Waals surface area contributed by atoms with E-state index in [1.54, 1.807) is 11.3 Å². The minimum Gasteiger partial charge on any atom is -0.368 e. The van der Waals surface area contributed by atoms with Crippen molar-refractivity contribution in [1.82, 2.24) is 0 Å². The van der Waals surface area contributed by atoms with Crippen molar-refractivity contribution < 1.29 is 4.79 Å². The predicted octanol–water partition coefficient (Wildman–Crippen LogP) is 0.866. The Bertz CT molecular complexity index is 287. The van der Waals surface area contributed by atoms with Crippen molar-refractivity contribution in [3.8, 4) is 0 Å². The Balaban J connectivity index is 2.64. The van der Waals surface area contributed by atoms with Gasteiger partial charge in [0.25, 0.3) is 0 Å². The first-order valence-electron chi connectivity index (χ1n) is 3.38. The Kier molecular flexibility index (Phi) is 3.25.